The molecule has 1 unspecified atom stereocenters. The maximum absolute atomic E-state index is 12.4. The zero-order chi connectivity index (χ0) is 17.0. The summed E-state index contributed by atoms with van der Waals surface area (Å²) < 4.78 is 37.2. The molecule has 0 aromatic carbocycles. The molecule has 0 spiro atoms. The number of rotatable bonds is 4. The molecular weight excluding hydrogens is 327 g/mol. The molecule has 1 aliphatic rings. The minimum atomic E-state index is -4.14. The number of halogens is 3. The van der Waals surface area contributed by atoms with Crippen LogP contribution in [0.5, 0.6) is 0 Å². The molecule has 0 radical (unpaired) electrons. The Labute approximate surface area is 138 Å². The molecule has 2 N–H and O–H groups in total. The fraction of sp³-hybridized carbons (Fsp3) is 0.714. The fourth-order valence-corrected chi connectivity index (χ4v) is 3.38. The van der Waals surface area contributed by atoms with Gasteiger partial charge in [-0.1, -0.05) is 0 Å². The van der Waals surface area contributed by atoms with Gasteiger partial charge in [0, 0.05) is 31.1 Å². The Bertz CT molecular complexity index is 536. The first kappa shape index (κ1) is 18.0. The van der Waals surface area contributed by atoms with Gasteiger partial charge >= 0.3 is 6.18 Å². The quantitative estimate of drug-likeness (QED) is 0.645. The molecule has 9 heteroatoms. The van der Waals surface area contributed by atoms with E-state index in [0.29, 0.717) is 32.0 Å². The summed E-state index contributed by atoms with van der Waals surface area (Å²) in [6.45, 7) is 4.51. The van der Waals surface area contributed by atoms with Crippen molar-refractivity contribution in [1.82, 2.24) is 20.5 Å². The van der Waals surface area contributed by atoms with E-state index in [0.717, 1.165) is 10.7 Å². The molecule has 0 amide bonds. The van der Waals surface area contributed by atoms with Crippen molar-refractivity contribution in [3.05, 3.63) is 15.6 Å². The van der Waals surface area contributed by atoms with E-state index in [1.54, 1.807) is 18.4 Å². The van der Waals surface area contributed by atoms with Crippen LogP contribution in [0.25, 0.3) is 0 Å². The summed E-state index contributed by atoms with van der Waals surface area (Å²) in [7, 11) is 1.65. The van der Waals surface area contributed by atoms with E-state index in [2.05, 4.69) is 20.6 Å². The summed E-state index contributed by atoms with van der Waals surface area (Å²) in [5.74, 6) is 0.592. The smallest absolute Gasteiger partial charge is 0.352 e. The first-order valence-corrected chi connectivity index (χ1v) is 8.27. The van der Waals surface area contributed by atoms with Gasteiger partial charge in [0.1, 0.15) is 5.01 Å². The second-order valence-electron chi connectivity index (χ2n) is 5.66. The largest absolute Gasteiger partial charge is 0.401 e. The molecule has 1 aromatic heterocycles. The van der Waals surface area contributed by atoms with Crippen molar-refractivity contribution in [3.8, 4) is 0 Å². The average Bonchev–Trinajstić information content (AvgIpc) is 3.00. The third-order valence-electron chi connectivity index (χ3n) is 3.72. The summed E-state index contributed by atoms with van der Waals surface area (Å²) in [4.78, 5) is 11.2. The van der Waals surface area contributed by atoms with Gasteiger partial charge in [0.2, 0.25) is 0 Å². The van der Waals surface area contributed by atoms with Crippen LogP contribution in [0.3, 0.4) is 0 Å². The van der Waals surface area contributed by atoms with E-state index in [4.69, 9.17) is 0 Å². The number of hydrogen-bond donors (Lipinski definition) is 2. The minimum absolute atomic E-state index is 0.0247. The second kappa shape index (κ2) is 7.48. The molecule has 1 aromatic rings. The Balaban J connectivity index is 1.79. The minimum Gasteiger partial charge on any atom is -0.352 e. The number of aromatic nitrogens is 1. The molecule has 5 nitrogen and oxygen atoms in total. The Morgan fingerprint density at radius 1 is 1.43 bits per heavy atom. The summed E-state index contributed by atoms with van der Waals surface area (Å²) in [5, 5.41) is 7.31. The SMILES string of the molecule is CN=C(NCc1nc(C)c(C)s1)NC1CCN(CC(F)(F)F)C1. The van der Waals surface area contributed by atoms with Gasteiger partial charge in [-0.15, -0.1) is 11.3 Å². The summed E-state index contributed by atoms with van der Waals surface area (Å²) in [5.41, 5.74) is 1.02. The average molecular weight is 349 g/mol. The molecule has 130 valence electrons. The maximum Gasteiger partial charge on any atom is 0.401 e. The molecule has 2 heterocycles. The van der Waals surface area contributed by atoms with E-state index in [1.165, 1.54) is 9.78 Å². The molecule has 23 heavy (non-hydrogen) atoms. The highest BCUT2D eigenvalue weighted by Crippen LogP contribution is 2.20. The third-order valence-corrected chi connectivity index (χ3v) is 4.79. The van der Waals surface area contributed by atoms with Crippen molar-refractivity contribution in [1.29, 1.82) is 0 Å². The van der Waals surface area contributed by atoms with Crippen LogP contribution in [0.4, 0.5) is 13.2 Å². The van der Waals surface area contributed by atoms with Gasteiger partial charge in [0.15, 0.2) is 5.96 Å². The molecule has 0 saturated carbocycles. The molecule has 1 aliphatic heterocycles. The van der Waals surface area contributed by atoms with Crippen LogP contribution in [-0.2, 0) is 6.54 Å². The van der Waals surface area contributed by atoms with E-state index >= 15 is 0 Å². The third kappa shape index (κ3) is 5.65. The normalized spacial score (nSPS) is 20.1. The summed E-state index contributed by atoms with van der Waals surface area (Å²) in [6.07, 6.45) is -3.47. The molecule has 1 atom stereocenters. The van der Waals surface area contributed by atoms with Gasteiger partial charge in [-0.3, -0.25) is 9.89 Å². The predicted molar refractivity (Wildman–Crippen MR) is 85.8 cm³/mol. The summed E-state index contributed by atoms with van der Waals surface area (Å²) in [6, 6.07) is -0.0247. The second-order valence-corrected chi connectivity index (χ2v) is 6.94. The van der Waals surface area contributed by atoms with Crippen LogP contribution in [0.1, 0.15) is 22.0 Å². The van der Waals surface area contributed by atoms with Crippen LogP contribution in [0.15, 0.2) is 4.99 Å². The molecule has 0 aliphatic carbocycles. The Kier molecular flexibility index (Phi) is 5.85. The number of likely N-dealkylation sites (tertiary alicyclic amines) is 1. The maximum atomic E-state index is 12.4. The topological polar surface area (TPSA) is 52.6 Å². The molecule has 0 bridgehead atoms. The monoisotopic (exact) mass is 349 g/mol. The number of nitrogens with one attached hydrogen (secondary N) is 2. The van der Waals surface area contributed by atoms with Crippen molar-refractivity contribution in [3.63, 3.8) is 0 Å². The van der Waals surface area contributed by atoms with E-state index < -0.39 is 12.7 Å². The van der Waals surface area contributed by atoms with E-state index in [9.17, 15) is 13.2 Å². The summed E-state index contributed by atoms with van der Waals surface area (Å²) >= 11 is 1.63. The van der Waals surface area contributed by atoms with Crippen molar-refractivity contribution >= 4 is 17.3 Å². The van der Waals surface area contributed by atoms with Crippen LogP contribution < -0.4 is 10.6 Å². The van der Waals surface area contributed by atoms with Gasteiger partial charge < -0.3 is 10.6 Å². The molecule has 1 fully saturated rings. The van der Waals surface area contributed by atoms with Crippen molar-refractivity contribution in [2.24, 2.45) is 4.99 Å². The molecule has 2 rings (SSSR count). The highest BCUT2D eigenvalue weighted by atomic mass is 32.1. The lowest BCUT2D eigenvalue weighted by Gasteiger charge is -2.19. The standard InChI is InChI=1S/C14H22F3N5S/c1-9-10(2)23-12(20-9)6-19-13(18-3)21-11-4-5-22(7-11)8-14(15,16)17/h11H,4-8H2,1-3H3,(H2,18,19,21). The highest BCUT2D eigenvalue weighted by Gasteiger charge is 2.34. The number of thiazole rings is 1. The highest BCUT2D eigenvalue weighted by molar-refractivity contribution is 7.11. The van der Waals surface area contributed by atoms with Crippen LogP contribution in [0, 0.1) is 13.8 Å². The van der Waals surface area contributed by atoms with Crippen molar-refractivity contribution in [2.75, 3.05) is 26.7 Å². The first-order chi connectivity index (χ1) is 10.8. The number of aliphatic imine (C=N–C) groups is 1. The zero-order valence-electron chi connectivity index (χ0n) is 13.5. The van der Waals surface area contributed by atoms with Crippen LogP contribution in [0.2, 0.25) is 0 Å². The lowest BCUT2D eigenvalue weighted by Crippen LogP contribution is -2.44. The lowest BCUT2D eigenvalue weighted by molar-refractivity contribution is -0.143. The molecule has 1 saturated heterocycles. The number of guanidine groups is 1. The van der Waals surface area contributed by atoms with Crippen molar-refractivity contribution < 1.29 is 13.2 Å². The van der Waals surface area contributed by atoms with Gasteiger partial charge in [-0.2, -0.15) is 13.2 Å². The van der Waals surface area contributed by atoms with Crippen LogP contribution in [-0.4, -0.2) is 54.7 Å². The molecular formula is C14H22F3N5S. The van der Waals surface area contributed by atoms with E-state index in [1.807, 2.05) is 13.8 Å². The lowest BCUT2D eigenvalue weighted by atomic mass is 10.3. The number of hydrogen-bond acceptors (Lipinski definition) is 4. The number of aryl methyl sites for hydroxylation is 2. The van der Waals surface area contributed by atoms with Gasteiger partial charge in [0.05, 0.1) is 18.8 Å². The number of nitrogens with zero attached hydrogens (tertiary/aromatic N) is 3. The Morgan fingerprint density at radius 3 is 2.74 bits per heavy atom. The Morgan fingerprint density at radius 2 is 2.17 bits per heavy atom. The van der Waals surface area contributed by atoms with Gasteiger partial charge in [-0.05, 0) is 20.3 Å². The van der Waals surface area contributed by atoms with Crippen molar-refractivity contribution in [2.45, 2.75) is 39.0 Å². The first-order valence-electron chi connectivity index (χ1n) is 7.46. The van der Waals surface area contributed by atoms with E-state index in [-0.39, 0.29) is 6.04 Å². The Hall–Kier alpha value is -1.35. The van der Waals surface area contributed by atoms with Gasteiger partial charge in [-0.25, -0.2) is 4.98 Å². The van der Waals surface area contributed by atoms with Gasteiger partial charge in [0.25, 0.3) is 0 Å². The zero-order valence-corrected chi connectivity index (χ0v) is 14.3. The van der Waals surface area contributed by atoms with Crippen LogP contribution >= 0.6 is 11.3 Å². The predicted octanol–water partition coefficient (Wildman–Crippen LogP) is 2.06. The number of alkyl halides is 3. The fourth-order valence-electron chi connectivity index (χ4n) is 2.51.